The number of fused-ring (bicyclic) bond motifs is 1. The summed E-state index contributed by atoms with van der Waals surface area (Å²) in [4.78, 5) is 24.8. The normalized spacial score (nSPS) is 10.5. The van der Waals surface area contributed by atoms with Crippen LogP contribution in [0.2, 0.25) is 0 Å². The van der Waals surface area contributed by atoms with Crippen LogP contribution in [0.25, 0.3) is 10.9 Å². The molecule has 0 saturated carbocycles. The lowest BCUT2D eigenvalue weighted by Crippen LogP contribution is -3.00. The van der Waals surface area contributed by atoms with Gasteiger partial charge < -0.3 is 17.0 Å². The summed E-state index contributed by atoms with van der Waals surface area (Å²) in [5.74, 6) is 0.170. The van der Waals surface area contributed by atoms with Crippen LogP contribution in [0.4, 0.5) is 4.39 Å². The molecular formula is C18H16BrFN2O2. The summed E-state index contributed by atoms with van der Waals surface area (Å²) < 4.78 is 16.3. The van der Waals surface area contributed by atoms with E-state index in [-0.39, 0.29) is 40.7 Å². The highest BCUT2D eigenvalue weighted by atomic mass is 79.9. The predicted octanol–water partition coefficient (Wildman–Crippen LogP) is -0.840. The van der Waals surface area contributed by atoms with Gasteiger partial charge in [-0.1, -0.05) is 12.1 Å². The van der Waals surface area contributed by atoms with Crippen LogP contribution in [-0.4, -0.2) is 10.4 Å². The Bertz CT molecular complexity index is 965. The van der Waals surface area contributed by atoms with E-state index < -0.39 is 0 Å². The third-order valence-corrected chi connectivity index (χ3v) is 4.07. The SMILES string of the molecule is Cc1n(C)c(=O)c2ccccc2[n+]1CC(=O)c1ccc(F)cc1.[Br-]. The fraction of sp³-hybridized carbons (Fsp3) is 0.167. The van der Waals surface area contributed by atoms with Gasteiger partial charge in [0.1, 0.15) is 16.7 Å². The van der Waals surface area contributed by atoms with E-state index >= 15 is 0 Å². The van der Waals surface area contributed by atoms with Crippen molar-refractivity contribution in [1.29, 1.82) is 0 Å². The van der Waals surface area contributed by atoms with Crippen molar-refractivity contribution in [1.82, 2.24) is 4.57 Å². The number of ketones is 1. The van der Waals surface area contributed by atoms with Crippen molar-refractivity contribution in [2.24, 2.45) is 7.05 Å². The Morgan fingerprint density at radius 2 is 1.75 bits per heavy atom. The molecule has 0 unspecified atom stereocenters. The first-order chi connectivity index (χ1) is 11.0. The third-order valence-electron chi connectivity index (χ3n) is 4.07. The summed E-state index contributed by atoms with van der Waals surface area (Å²) in [6, 6.07) is 12.7. The molecule has 0 aliphatic rings. The molecule has 0 aliphatic heterocycles. The number of halogens is 2. The van der Waals surface area contributed by atoms with Gasteiger partial charge in [0.15, 0.2) is 6.54 Å². The molecular weight excluding hydrogens is 375 g/mol. The minimum atomic E-state index is -0.377. The number of benzene rings is 2. The maximum atomic E-state index is 13.0. The van der Waals surface area contributed by atoms with Gasteiger partial charge in [-0.2, -0.15) is 4.57 Å². The summed E-state index contributed by atoms with van der Waals surface area (Å²) >= 11 is 0. The van der Waals surface area contributed by atoms with Crippen LogP contribution >= 0.6 is 0 Å². The van der Waals surface area contributed by atoms with E-state index in [1.165, 1.54) is 28.8 Å². The number of Topliss-reactive ketones (excluding diaryl/α,β-unsaturated/α-hetero) is 1. The minimum Gasteiger partial charge on any atom is -1.00 e. The van der Waals surface area contributed by atoms with E-state index in [0.29, 0.717) is 22.3 Å². The zero-order chi connectivity index (χ0) is 16.6. The Kier molecular flexibility index (Phi) is 5.29. The van der Waals surface area contributed by atoms with Crippen molar-refractivity contribution >= 4 is 16.7 Å². The molecule has 0 bridgehead atoms. The minimum absolute atomic E-state index is 0. The summed E-state index contributed by atoms with van der Waals surface area (Å²) in [5.41, 5.74) is 1.06. The van der Waals surface area contributed by atoms with Gasteiger partial charge in [-0.05, 0) is 36.4 Å². The van der Waals surface area contributed by atoms with Crippen molar-refractivity contribution in [2.75, 3.05) is 0 Å². The smallest absolute Gasteiger partial charge is 0.345 e. The quantitative estimate of drug-likeness (QED) is 0.432. The summed E-state index contributed by atoms with van der Waals surface area (Å²) in [7, 11) is 1.68. The van der Waals surface area contributed by atoms with Crippen molar-refractivity contribution < 1.29 is 30.7 Å². The fourth-order valence-electron chi connectivity index (χ4n) is 2.64. The maximum Gasteiger partial charge on any atom is 0.345 e. The molecule has 0 atom stereocenters. The molecule has 6 heteroatoms. The second-order valence-electron chi connectivity index (χ2n) is 5.44. The first-order valence-corrected chi connectivity index (χ1v) is 7.26. The molecule has 0 aliphatic carbocycles. The second-order valence-corrected chi connectivity index (χ2v) is 5.44. The number of carbonyl (C=O) groups is 1. The van der Waals surface area contributed by atoms with Gasteiger partial charge in [-0.15, -0.1) is 0 Å². The summed E-state index contributed by atoms with van der Waals surface area (Å²) in [6.45, 7) is 1.89. The number of para-hydroxylation sites is 1. The van der Waals surface area contributed by atoms with E-state index in [0.717, 1.165) is 0 Å². The zero-order valence-electron chi connectivity index (χ0n) is 13.3. The van der Waals surface area contributed by atoms with Crippen LogP contribution in [-0.2, 0) is 13.6 Å². The molecule has 3 rings (SSSR count). The first-order valence-electron chi connectivity index (χ1n) is 7.26. The third kappa shape index (κ3) is 3.14. The number of hydrogen-bond donors (Lipinski definition) is 0. The van der Waals surface area contributed by atoms with Gasteiger partial charge >= 0.3 is 5.56 Å². The predicted molar refractivity (Wildman–Crippen MR) is 84.9 cm³/mol. The number of aromatic nitrogens is 2. The van der Waals surface area contributed by atoms with Gasteiger partial charge in [0, 0.05) is 12.5 Å². The second kappa shape index (κ2) is 7.05. The van der Waals surface area contributed by atoms with E-state index in [1.54, 1.807) is 26.1 Å². The molecule has 0 fully saturated rings. The number of rotatable bonds is 3. The molecule has 0 spiro atoms. The van der Waals surface area contributed by atoms with Gasteiger partial charge in [0.05, 0.1) is 7.05 Å². The molecule has 0 N–H and O–H groups in total. The molecule has 2 aromatic carbocycles. The lowest BCUT2D eigenvalue weighted by Gasteiger charge is -2.09. The maximum absolute atomic E-state index is 13.0. The Balaban J connectivity index is 0.00000208. The molecule has 24 heavy (non-hydrogen) atoms. The molecule has 1 aromatic heterocycles. The monoisotopic (exact) mass is 390 g/mol. The molecule has 124 valence electrons. The fourth-order valence-corrected chi connectivity index (χ4v) is 2.64. The van der Waals surface area contributed by atoms with Crippen LogP contribution in [0.1, 0.15) is 16.2 Å². The average Bonchev–Trinajstić information content (AvgIpc) is 2.57. The topological polar surface area (TPSA) is 43.0 Å². The molecule has 0 amide bonds. The van der Waals surface area contributed by atoms with Crippen molar-refractivity contribution in [3.63, 3.8) is 0 Å². The molecule has 0 radical (unpaired) electrons. The average molecular weight is 391 g/mol. The van der Waals surface area contributed by atoms with Crippen molar-refractivity contribution in [3.8, 4) is 0 Å². The summed E-state index contributed by atoms with van der Waals surface area (Å²) in [5, 5.41) is 0.563. The zero-order valence-corrected chi connectivity index (χ0v) is 14.9. The van der Waals surface area contributed by atoms with Gasteiger partial charge in [-0.3, -0.25) is 4.79 Å². The van der Waals surface area contributed by atoms with E-state index in [2.05, 4.69) is 0 Å². The van der Waals surface area contributed by atoms with Crippen molar-refractivity contribution in [3.05, 3.63) is 76.1 Å². The van der Waals surface area contributed by atoms with E-state index in [4.69, 9.17) is 0 Å². The Hall–Kier alpha value is -2.34. The lowest BCUT2D eigenvalue weighted by molar-refractivity contribution is -0.668. The van der Waals surface area contributed by atoms with Crippen molar-refractivity contribution in [2.45, 2.75) is 13.5 Å². The van der Waals surface area contributed by atoms with E-state index in [1.807, 2.05) is 16.7 Å². The van der Waals surface area contributed by atoms with Crippen LogP contribution in [0.15, 0.2) is 53.3 Å². The number of hydrogen-bond acceptors (Lipinski definition) is 2. The Morgan fingerprint density at radius 3 is 2.42 bits per heavy atom. The standard InChI is InChI=1S/C18H16FN2O2.BrH/c1-12-20(2)18(23)15-5-3-4-6-16(15)21(12)11-17(22)13-7-9-14(19)10-8-13;/h3-10H,11H2,1-2H3;1H/q+1;/p-1. The highest BCUT2D eigenvalue weighted by Gasteiger charge is 2.20. The Morgan fingerprint density at radius 1 is 1.12 bits per heavy atom. The van der Waals surface area contributed by atoms with Crippen LogP contribution in [0.5, 0.6) is 0 Å². The molecule has 1 heterocycles. The van der Waals surface area contributed by atoms with Gasteiger partial charge in [0.25, 0.3) is 5.82 Å². The number of nitrogens with zero attached hydrogens (tertiary/aromatic N) is 2. The van der Waals surface area contributed by atoms with Gasteiger partial charge in [-0.25, -0.2) is 13.8 Å². The highest BCUT2D eigenvalue weighted by Crippen LogP contribution is 2.08. The lowest BCUT2D eigenvalue weighted by atomic mass is 10.1. The van der Waals surface area contributed by atoms with Crippen LogP contribution < -0.4 is 27.1 Å². The van der Waals surface area contributed by atoms with Crippen LogP contribution in [0, 0.1) is 12.7 Å². The number of carbonyl (C=O) groups excluding carboxylic acids is 1. The van der Waals surface area contributed by atoms with Gasteiger partial charge in [0.2, 0.25) is 5.78 Å². The molecule has 0 saturated heterocycles. The van der Waals surface area contributed by atoms with Crippen LogP contribution in [0.3, 0.4) is 0 Å². The molecule has 3 aromatic rings. The highest BCUT2D eigenvalue weighted by molar-refractivity contribution is 5.95. The Labute approximate surface area is 148 Å². The van der Waals surface area contributed by atoms with E-state index in [9.17, 15) is 14.0 Å². The largest absolute Gasteiger partial charge is 1.00 e. The first kappa shape index (κ1) is 18.0. The summed E-state index contributed by atoms with van der Waals surface area (Å²) in [6.07, 6.45) is 0. The molecule has 4 nitrogen and oxygen atoms in total.